The van der Waals surface area contributed by atoms with Gasteiger partial charge in [0.2, 0.25) is 0 Å². The van der Waals surface area contributed by atoms with E-state index in [4.69, 9.17) is 0 Å². The van der Waals surface area contributed by atoms with Crippen LogP contribution in [0.4, 0.5) is 5.82 Å². The second-order valence-electron chi connectivity index (χ2n) is 3.76. The summed E-state index contributed by atoms with van der Waals surface area (Å²) >= 11 is 0. The zero-order chi connectivity index (χ0) is 12.8. The molecule has 0 saturated heterocycles. The number of carbonyl (C=O) groups excluding carboxylic acids is 1. The molecule has 2 aromatic rings. The smallest absolute Gasteiger partial charge is 0.252 e. The van der Waals surface area contributed by atoms with Crippen LogP contribution in [0.3, 0.4) is 0 Å². The highest BCUT2D eigenvalue weighted by Crippen LogP contribution is 2.03. The number of rotatable bonds is 5. The predicted molar refractivity (Wildman–Crippen MR) is 68.4 cm³/mol. The van der Waals surface area contributed by atoms with Gasteiger partial charge in [-0.2, -0.15) is 0 Å². The number of H-pyrrole nitrogens is 1. The second-order valence-corrected chi connectivity index (χ2v) is 3.76. The Labute approximate surface area is 105 Å². The van der Waals surface area contributed by atoms with E-state index in [9.17, 15) is 4.79 Å². The van der Waals surface area contributed by atoms with E-state index in [0.29, 0.717) is 12.1 Å². The van der Waals surface area contributed by atoms with Crippen LogP contribution in [-0.4, -0.2) is 34.5 Å². The fourth-order valence-corrected chi connectivity index (χ4v) is 1.51. The average molecular weight is 245 g/mol. The molecule has 18 heavy (non-hydrogen) atoms. The number of amides is 1. The molecule has 0 saturated carbocycles. The summed E-state index contributed by atoms with van der Waals surface area (Å²) in [7, 11) is 1.78. The van der Waals surface area contributed by atoms with Crippen molar-refractivity contribution in [3.05, 3.63) is 42.1 Å². The lowest BCUT2D eigenvalue weighted by Gasteiger charge is -2.04. The van der Waals surface area contributed by atoms with Gasteiger partial charge < -0.3 is 15.6 Å². The van der Waals surface area contributed by atoms with Crippen LogP contribution in [0.5, 0.6) is 0 Å². The Hall–Kier alpha value is -2.37. The van der Waals surface area contributed by atoms with Gasteiger partial charge in [0.05, 0.1) is 11.9 Å². The molecule has 2 heterocycles. The predicted octanol–water partition coefficient (Wildman–Crippen LogP) is 0.819. The van der Waals surface area contributed by atoms with E-state index in [0.717, 1.165) is 17.9 Å². The third-order valence-electron chi connectivity index (χ3n) is 2.52. The number of pyridine rings is 1. The second kappa shape index (κ2) is 5.81. The maximum Gasteiger partial charge on any atom is 0.252 e. The minimum absolute atomic E-state index is 0.121. The summed E-state index contributed by atoms with van der Waals surface area (Å²) < 4.78 is 0. The van der Waals surface area contributed by atoms with Gasteiger partial charge in [0.25, 0.3) is 5.91 Å². The summed E-state index contributed by atoms with van der Waals surface area (Å²) in [6.07, 6.45) is 5.65. The zero-order valence-corrected chi connectivity index (χ0v) is 10.1. The number of aromatic amines is 1. The van der Waals surface area contributed by atoms with Crippen molar-refractivity contribution < 1.29 is 4.79 Å². The molecule has 0 aliphatic carbocycles. The summed E-state index contributed by atoms with van der Waals surface area (Å²) in [5, 5.41) is 5.73. The molecule has 6 nitrogen and oxygen atoms in total. The number of hydrogen-bond donors (Lipinski definition) is 3. The van der Waals surface area contributed by atoms with Crippen LogP contribution >= 0.6 is 0 Å². The molecule has 3 N–H and O–H groups in total. The van der Waals surface area contributed by atoms with Crippen LogP contribution in [-0.2, 0) is 6.42 Å². The Kier molecular flexibility index (Phi) is 3.90. The Balaban J connectivity index is 1.83. The molecule has 0 aliphatic rings. The van der Waals surface area contributed by atoms with E-state index in [-0.39, 0.29) is 5.91 Å². The van der Waals surface area contributed by atoms with E-state index in [1.54, 1.807) is 37.9 Å². The van der Waals surface area contributed by atoms with Crippen LogP contribution < -0.4 is 10.6 Å². The van der Waals surface area contributed by atoms with Gasteiger partial charge in [-0.15, -0.1) is 0 Å². The molecule has 0 unspecified atom stereocenters. The van der Waals surface area contributed by atoms with Gasteiger partial charge in [0.15, 0.2) is 0 Å². The zero-order valence-electron chi connectivity index (χ0n) is 10.1. The van der Waals surface area contributed by atoms with Crippen molar-refractivity contribution in [2.45, 2.75) is 6.42 Å². The number of anilines is 1. The molecular formula is C12H15N5O. The molecule has 2 aromatic heterocycles. The third-order valence-corrected chi connectivity index (χ3v) is 2.52. The Morgan fingerprint density at radius 1 is 1.39 bits per heavy atom. The first-order chi connectivity index (χ1) is 8.79. The molecular weight excluding hydrogens is 230 g/mol. The summed E-state index contributed by atoms with van der Waals surface area (Å²) in [6.45, 7) is 0.564. The molecule has 1 amide bonds. The van der Waals surface area contributed by atoms with Crippen LogP contribution in [0, 0.1) is 0 Å². The molecule has 0 aliphatic heterocycles. The first-order valence-corrected chi connectivity index (χ1v) is 5.69. The molecule has 6 heteroatoms. The van der Waals surface area contributed by atoms with Crippen molar-refractivity contribution in [2.75, 3.05) is 18.9 Å². The van der Waals surface area contributed by atoms with Crippen molar-refractivity contribution in [3.63, 3.8) is 0 Å². The maximum atomic E-state index is 11.8. The summed E-state index contributed by atoms with van der Waals surface area (Å²) in [6, 6.07) is 3.51. The number of nitrogens with zero attached hydrogens (tertiary/aromatic N) is 2. The molecule has 0 bridgehead atoms. The fraction of sp³-hybridized carbons (Fsp3) is 0.250. The van der Waals surface area contributed by atoms with Crippen LogP contribution in [0.15, 0.2) is 30.9 Å². The molecule has 0 radical (unpaired) electrons. The van der Waals surface area contributed by atoms with E-state index >= 15 is 0 Å². The average Bonchev–Trinajstić information content (AvgIpc) is 2.92. The number of carbonyl (C=O) groups is 1. The maximum absolute atomic E-state index is 11.8. The van der Waals surface area contributed by atoms with Crippen LogP contribution in [0.1, 0.15) is 16.1 Å². The fourth-order valence-electron chi connectivity index (χ4n) is 1.51. The molecule has 0 aromatic carbocycles. The van der Waals surface area contributed by atoms with Crippen molar-refractivity contribution >= 4 is 11.7 Å². The Morgan fingerprint density at radius 2 is 2.28 bits per heavy atom. The molecule has 0 atom stereocenters. The summed E-state index contributed by atoms with van der Waals surface area (Å²) in [5.74, 6) is 0.619. The highest BCUT2D eigenvalue weighted by atomic mass is 16.1. The van der Waals surface area contributed by atoms with Crippen LogP contribution in [0.25, 0.3) is 0 Å². The van der Waals surface area contributed by atoms with Gasteiger partial charge in [-0.05, 0) is 12.1 Å². The van der Waals surface area contributed by atoms with Gasteiger partial charge >= 0.3 is 0 Å². The molecule has 0 spiro atoms. The topological polar surface area (TPSA) is 82.7 Å². The Bertz CT molecular complexity index is 492. The molecule has 0 fully saturated rings. The lowest BCUT2D eigenvalue weighted by Crippen LogP contribution is -2.25. The van der Waals surface area contributed by atoms with Crippen molar-refractivity contribution in [1.82, 2.24) is 20.3 Å². The minimum atomic E-state index is -0.121. The lowest BCUT2D eigenvalue weighted by atomic mass is 10.2. The summed E-state index contributed by atoms with van der Waals surface area (Å²) in [4.78, 5) is 22.8. The van der Waals surface area contributed by atoms with Gasteiger partial charge in [0.1, 0.15) is 5.82 Å². The Morgan fingerprint density at radius 3 is 2.89 bits per heavy atom. The highest BCUT2D eigenvalue weighted by molar-refractivity contribution is 5.94. The molecule has 2 rings (SSSR count). The standard InChI is InChI=1S/C12H15N5O/c1-13-11-3-2-9(6-16-11)12(18)15-5-4-10-7-14-8-17-10/h2-3,6-8H,4-5H2,1H3,(H,13,16)(H,14,17)(H,15,18). The van der Waals surface area contributed by atoms with E-state index in [1.165, 1.54) is 0 Å². The van der Waals surface area contributed by atoms with Crippen LogP contribution in [0.2, 0.25) is 0 Å². The first kappa shape index (κ1) is 12.1. The van der Waals surface area contributed by atoms with Gasteiger partial charge in [-0.3, -0.25) is 4.79 Å². The van der Waals surface area contributed by atoms with Gasteiger partial charge in [0, 0.05) is 38.1 Å². The van der Waals surface area contributed by atoms with Gasteiger partial charge in [-0.25, -0.2) is 9.97 Å². The van der Waals surface area contributed by atoms with Crippen molar-refractivity contribution in [2.24, 2.45) is 0 Å². The quantitative estimate of drug-likeness (QED) is 0.728. The van der Waals surface area contributed by atoms with Gasteiger partial charge in [-0.1, -0.05) is 0 Å². The lowest BCUT2D eigenvalue weighted by molar-refractivity contribution is 0.0954. The van der Waals surface area contributed by atoms with E-state index in [1.807, 2.05) is 0 Å². The highest BCUT2D eigenvalue weighted by Gasteiger charge is 2.05. The number of aromatic nitrogens is 3. The number of hydrogen-bond acceptors (Lipinski definition) is 4. The van der Waals surface area contributed by atoms with E-state index in [2.05, 4.69) is 25.6 Å². The SMILES string of the molecule is CNc1ccc(C(=O)NCCc2cnc[nH]2)cn1. The third kappa shape index (κ3) is 3.07. The van der Waals surface area contributed by atoms with Crippen molar-refractivity contribution in [3.8, 4) is 0 Å². The summed E-state index contributed by atoms with van der Waals surface area (Å²) in [5.41, 5.74) is 1.55. The van der Waals surface area contributed by atoms with Crippen molar-refractivity contribution in [1.29, 1.82) is 0 Å². The minimum Gasteiger partial charge on any atom is -0.373 e. The normalized spacial score (nSPS) is 10.1. The number of imidazole rings is 1. The monoisotopic (exact) mass is 245 g/mol. The first-order valence-electron chi connectivity index (χ1n) is 5.69. The molecule has 94 valence electrons. The number of nitrogens with one attached hydrogen (secondary N) is 3. The van der Waals surface area contributed by atoms with E-state index < -0.39 is 0 Å². The largest absolute Gasteiger partial charge is 0.373 e.